The minimum atomic E-state index is -0.866. The lowest BCUT2D eigenvalue weighted by Gasteiger charge is -2.27. The van der Waals surface area contributed by atoms with E-state index in [4.69, 9.17) is 0 Å². The molecule has 0 heterocycles. The van der Waals surface area contributed by atoms with Gasteiger partial charge in [-0.2, -0.15) is 0 Å². The van der Waals surface area contributed by atoms with Gasteiger partial charge >= 0.3 is 6.03 Å². The fourth-order valence-corrected chi connectivity index (χ4v) is 1.98. The largest absolute Gasteiger partial charge is 0.329 e. The Bertz CT molecular complexity index is 664. The Morgan fingerprint density at radius 1 is 0.955 bits per heavy atom. The van der Waals surface area contributed by atoms with Crippen LogP contribution in [0.2, 0.25) is 0 Å². The van der Waals surface area contributed by atoms with E-state index in [1.165, 1.54) is 30.3 Å². The number of benzene rings is 2. The maximum absolute atomic E-state index is 13.5. The van der Waals surface area contributed by atoms with E-state index in [0.29, 0.717) is 5.56 Å². The second kappa shape index (κ2) is 6.09. The van der Waals surface area contributed by atoms with Crippen molar-refractivity contribution >= 4 is 11.7 Å². The average Bonchev–Trinajstić information content (AvgIpc) is 2.43. The van der Waals surface area contributed by atoms with E-state index in [1.807, 2.05) is 0 Å². The van der Waals surface area contributed by atoms with Crippen LogP contribution in [-0.2, 0) is 5.54 Å². The summed E-state index contributed by atoms with van der Waals surface area (Å²) in [5, 5.41) is 4.73. The first-order chi connectivity index (χ1) is 10.3. The molecule has 3 nitrogen and oxygen atoms in total. The van der Waals surface area contributed by atoms with Gasteiger partial charge in [-0.1, -0.05) is 18.2 Å². The zero-order valence-electron chi connectivity index (χ0n) is 12.1. The van der Waals surface area contributed by atoms with Gasteiger partial charge in [0, 0.05) is 0 Å². The number of halogens is 3. The molecule has 22 heavy (non-hydrogen) atoms. The van der Waals surface area contributed by atoms with Crippen LogP contribution in [0.4, 0.5) is 23.7 Å². The molecule has 2 amide bonds. The Hall–Kier alpha value is -2.50. The van der Waals surface area contributed by atoms with Crippen molar-refractivity contribution in [1.82, 2.24) is 5.32 Å². The summed E-state index contributed by atoms with van der Waals surface area (Å²) in [6.45, 7) is 3.38. The molecule has 2 aromatic carbocycles. The van der Waals surface area contributed by atoms with Crippen LogP contribution in [0.25, 0.3) is 0 Å². The number of hydrogen-bond donors (Lipinski definition) is 2. The highest BCUT2D eigenvalue weighted by Crippen LogP contribution is 2.22. The van der Waals surface area contributed by atoms with Crippen molar-refractivity contribution in [2.24, 2.45) is 0 Å². The van der Waals surface area contributed by atoms with E-state index >= 15 is 0 Å². The Balaban J connectivity index is 2.12. The molecule has 0 fully saturated rings. The number of hydrogen-bond acceptors (Lipinski definition) is 1. The SMILES string of the molecule is CC(C)(NC(=O)Nc1c(F)cccc1F)c1ccc(F)cc1. The van der Waals surface area contributed by atoms with Crippen molar-refractivity contribution in [3.05, 3.63) is 65.5 Å². The summed E-state index contributed by atoms with van der Waals surface area (Å²) in [5.41, 5.74) is -0.715. The summed E-state index contributed by atoms with van der Waals surface area (Å²) in [7, 11) is 0. The van der Waals surface area contributed by atoms with Crippen LogP contribution in [0.15, 0.2) is 42.5 Å². The first-order valence-corrected chi connectivity index (χ1v) is 6.59. The lowest BCUT2D eigenvalue weighted by Crippen LogP contribution is -2.43. The molecule has 6 heteroatoms. The quantitative estimate of drug-likeness (QED) is 0.878. The Morgan fingerprint density at radius 3 is 2.05 bits per heavy atom. The van der Waals surface area contributed by atoms with Gasteiger partial charge in [0.25, 0.3) is 0 Å². The maximum atomic E-state index is 13.5. The summed E-state index contributed by atoms with van der Waals surface area (Å²) in [6.07, 6.45) is 0. The highest BCUT2D eigenvalue weighted by molar-refractivity contribution is 5.90. The van der Waals surface area contributed by atoms with E-state index in [-0.39, 0.29) is 0 Å². The number of rotatable bonds is 3. The standard InChI is InChI=1S/C16H15F3N2O/c1-16(2,10-6-8-11(17)9-7-10)21-15(22)20-14-12(18)4-3-5-13(14)19/h3-9H,1-2H3,(H2,20,21,22). The molecule has 0 saturated carbocycles. The van der Waals surface area contributed by atoms with E-state index in [1.54, 1.807) is 13.8 Å². The normalized spacial score (nSPS) is 11.1. The predicted molar refractivity (Wildman–Crippen MR) is 77.9 cm³/mol. The van der Waals surface area contributed by atoms with Crippen molar-refractivity contribution in [1.29, 1.82) is 0 Å². The van der Waals surface area contributed by atoms with Gasteiger partial charge in [0.15, 0.2) is 0 Å². The van der Waals surface area contributed by atoms with Gasteiger partial charge in [0.1, 0.15) is 23.1 Å². The van der Waals surface area contributed by atoms with Gasteiger partial charge in [0.2, 0.25) is 0 Å². The molecule has 0 aliphatic rings. The second-order valence-corrected chi connectivity index (χ2v) is 5.31. The van der Waals surface area contributed by atoms with E-state index in [9.17, 15) is 18.0 Å². The highest BCUT2D eigenvalue weighted by atomic mass is 19.1. The van der Waals surface area contributed by atoms with Gasteiger partial charge in [-0.3, -0.25) is 0 Å². The monoisotopic (exact) mass is 308 g/mol. The molecular formula is C16H15F3N2O. The Labute approximate surface area is 126 Å². The van der Waals surface area contributed by atoms with Gasteiger partial charge in [-0.25, -0.2) is 18.0 Å². The number of carbonyl (C=O) groups is 1. The Morgan fingerprint density at radius 2 is 1.50 bits per heavy atom. The van der Waals surface area contributed by atoms with E-state index < -0.39 is 34.7 Å². The van der Waals surface area contributed by atoms with E-state index in [2.05, 4.69) is 10.6 Å². The number of para-hydroxylation sites is 1. The molecule has 116 valence electrons. The van der Waals surface area contributed by atoms with Crippen LogP contribution in [0.1, 0.15) is 19.4 Å². The van der Waals surface area contributed by atoms with Gasteiger partial charge in [-0.05, 0) is 43.7 Å². The van der Waals surface area contributed by atoms with Crippen molar-refractivity contribution < 1.29 is 18.0 Å². The van der Waals surface area contributed by atoms with Crippen molar-refractivity contribution in [3.63, 3.8) is 0 Å². The lowest BCUT2D eigenvalue weighted by molar-refractivity contribution is 0.241. The molecule has 0 spiro atoms. The minimum Gasteiger partial charge on any atom is -0.329 e. The summed E-state index contributed by atoms with van der Waals surface area (Å²) in [5.74, 6) is -2.12. The van der Waals surface area contributed by atoms with Gasteiger partial charge < -0.3 is 10.6 Å². The first-order valence-electron chi connectivity index (χ1n) is 6.59. The zero-order valence-corrected chi connectivity index (χ0v) is 12.1. The van der Waals surface area contributed by atoms with Gasteiger partial charge in [-0.15, -0.1) is 0 Å². The fraction of sp³-hybridized carbons (Fsp3) is 0.188. The number of anilines is 1. The first kappa shape index (κ1) is 15.9. The van der Waals surface area contributed by atoms with Crippen LogP contribution in [-0.4, -0.2) is 6.03 Å². The maximum Gasteiger partial charge on any atom is 0.320 e. The molecule has 2 N–H and O–H groups in total. The van der Waals surface area contributed by atoms with Crippen LogP contribution in [0.5, 0.6) is 0 Å². The molecular weight excluding hydrogens is 293 g/mol. The predicted octanol–water partition coefficient (Wildman–Crippen LogP) is 4.16. The van der Waals surface area contributed by atoms with Crippen LogP contribution < -0.4 is 10.6 Å². The average molecular weight is 308 g/mol. The highest BCUT2D eigenvalue weighted by Gasteiger charge is 2.23. The summed E-state index contributed by atoms with van der Waals surface area (Å²) in [4.78, 5) is 11.9. The molecule has 0 unspecified atom stereocenters. The topological polar surface area (TPSA) is 41.1 Å². The van der Waals surface area contributed by atoms with Crippen molar-refractivity contribution in [3.8, 4) is 0 Å². The van der Waals surface area contributed by atoms with Crippen molar-refractivity contribution in [2.75, 3.05) is 5.32 Å². The molecule has 2 aromatic rings. The molecule has 2 rings (SSSR count). The second-order valence-electron chi connectivity index (χ2n) is 5.31. The number of amides is 2. The van der Waals surface area contributed by atoms with E-state index in [0.717, 1.165) is 12.1 Å². The third-order valence-electron chi connectivity index (χ3n) is 3.19. The zero-order chi connectivity index (χ0) is 16.3. The molecule has 0 radical (unpaired) electrons. The van der Waals surface area contributed by atoms with Crippen molar-refractivity contribution in [2.45, 2.75) is 19.4 Å². The fourth-order valence-electron chi connectivity index (χ4n) is 1.98. The van der Waals surface area contributed by atoms with Crippen LogP contribution in [0, 0.1) is 17.5 Å². The number of nitrogens with one attached hydrogen (secondary N) is 2. The molecule has 0 bridgehead atoms. The summed E-state index contributed by atoms with van der Waals surface area (Å²) in [6, 6.07) is 8.13. The molecule has 0 atom stereocenters. The number of carbonyl (C=O) groups excluding carboxylic acids is 1. The lowest BCUT2D eigenvalue weighted by atomic mass is 9.94. The molecule has 0 aliphatic carbocycles. The van der Waals surface area contributed by atoms with Gasteiger partial charge in [0.05, 0.1) is 5.54 Å². The summed E-state index contributed by atoms with van der Waals surface area (Å²) < 4.78 is 39.9. The summed E-state index contributed by atoms with van der Waals surface area (Å²) >= 11 is 0. The third-order valence-corrected chi connectivity index (χ3v) is 3.19. The Kier molecular flexibility index (Phi) is 4.40. The molecule has 0 saturated heterocycles. The minimum absolute atomic E-state index is 0.391. The van der Waals surface area contributed by atoms with Crippen LogP contribution in [0.3, 0.4) is 0 Å². The van der Waals surface area contributed by atoms with Crippen LogP contribution >= 0.6 is 0 Å². The molecule has 0 aliphatic heterocycles. The number of urea groups is 1. The smallest absolute Gasteiger partial charge is 0.320 e. The molecule has 0 aromatic heterocycles. The third kappa shape index (κ3) is 3.58.